The lowest BCUT2D eigenvalue weighted by Crippen LogP contribution is -2.10. The molecule has 0 saturated heterocycles. The van der Waals surface area contributed by atoms with Gasteiger partial charge >= 0.3 is 0 Å². The van der Waals surface area contributed by atoms with Gasteiger partial charge in [-0.3, -0.25) is 0 Å². The number of benzene rings is 5. The van der Waals surface area contributed by atoms with Crippen molar-refractivity contribution in [1.82, 2.24) is 0 Å². The third-order valence-corrected chi connectivity index (χ3v) is 5.33. The Labute approximate surface area is 181 Å². The van der Waals surface area contributed by atoms with Crippen molar-refractivity contribution in [3.05, 3.63) is 115 Å². The number of para-hydroxylation sites is 1. The first kappa shape index (κ1) is 19.2. The molecule has 1 unspecified atom stereocenters. The van der Waals surface area contributed by atoms with Crippen LogP contribution < -0.4 is 9.47 Å². The number of hydrogen-bond donors (Lipinski definition) is 1. The topological polar surface area (TPSA) is 38.7 Å². The summed E-state index contributed by atoms with van der Waals surface area (Å²) >= 11 is 0. The lowest BCUT2D eigenvalue weighted by molar-refractivity contribution is 0.110. The molecule has 0 bridgehead atoms. The van der Waals surface area contributed by atoms with Gasteiger partial charge in [0.05, 0.1) is 0 Å². The SMILES string of the molecule is OC(COc1c2ccccc2cc2ccc(Oc3ccccc3)cc12)c1ccccc1. The zero-order chi connectivity index (χ0) is 21.0. The predicted molar refractivity (Wildman–Crippen MR) is 125 cm³/mol. The summed E-state index contributed by atoms with van der Waals surface area (Å²) in [6, 6.07) is 35.6. The molecule has 1 N–H and O–H groups in total. The fourth-order valence-corrected chi connectivity index (χ4v) is 3.78. The number of aliphatic hydroxyl groups excluding tert-OH is 1. The molecule has 5 aromatic rings. The van der Waals surface area contributed by atoms with E-state index < -0.39 is 6.10 Å². The average molecular weight is 406 g/mol. The summed E-state index contributed by atoms with van der Waals surface area (Å²) in [5.74, 6) is 2.27. The molecular weight excluding hydrogens is 384 g/mol. The molecule has 3 heteroatoms. The summed E-state index contributed by atoms with van der Waals surface area (Å²) in [5.41, 5.74) is 0.833. The highest BCUT2D eigenvalue weighted by Crippen LogP contribution is 2.38. The molecule has 152 valence electrons. The zero-order valence-electron chi connectivity index (χ0n) is 16.9. The summed E-state index contributed by atoms with van der Waals surface area (Å²) in [4.78, 5) is 0. The van der Waals surface area contributed by atoms with Gasteiger partial charge in [-0.1, -0.05) is 78.9 Å². The predicted octanol–water partition coefficient (Wildman–Crippen LogP) is 6.90. The lowest BCUT2D eigenvalue weighted by atomic mass is 10.0. The number of aliphatic hydroxyl groups is 1. The van der Waals surface area contributed by atoms with E-state index in [9.17, 15) is 5.11 Å². The summed E-state index contributed by atoms with van der Waals surface area (Å²) in [6.45, 7) is 0.164. The van der Waals surface area contributed by atoms with Gasteiger partial charge in [-0.15, -0.1) is 0 Å². The van der Waals surface area contributed by atoms with Crippen LogP contribution in [0.3, 0.4) is 0 Å². The van der Waals surface area contributed by atoms with Crippen molar-refractivity contribution in [2.75, 3.05) is 6.61 Å². The molecule has 5 aromatic carbocycles. The Morgan fingerprint density at radius 1 is 0.613 bits per heavy atom. The van der Waals surface area contributed by atoms with Crippen LogP contribution in [0, 0.1) is 0 Å². The third-order valence-electron chi connectivity index (χ3n) is 5.33. The maximum absolute atomic E-state index is 10.6. The second-order valence-electron chi connectivity index (χ2n) is 7.46. The van der Waals surface area contributed by atoms with E-state index in [0.29, 0.717) is 0 Å². The van der Waals surface area contributed by atoms with Crippen molar-refractivity contribution in [3.8, 4) is 17.2 Å². The standard InChI is InChI=1S/C28H22O3/c29-27(20-9-3-1-4-10-20)19-30-28-25-14-8-7-11-21(25)17-22-15-16-24(18-26(22)28)31-23-12-5-2-6-13-23/h1-18,27,29H,19H2. The summed E-state index contributed by atoms with van der Waals surface area (Å²) in [7, 11) is 0. The van der Waals surface area contributed by atoms with Crippen molar-refractivity contribution in [2.24, 2.45) is 0 Å². The molecule has 0 aliphatic carbocycles. The molecule has 0 amide bonds. The van der Waals surface area contributed by atoms with E-state index in [1.807, 2.05) is 97.1 Å². The van der Waals surface area contributed by atoms with Gasteiger partial charge in [-0.25, -0.2) is 0 Å². The van der Waals surface area contributed by atoms with E-state index in [1.54, 1.807) is 0 Å². The van der Waals surface area contributed by atoms with E-state index in [4.69, 9.17) is 9.47 Å². The van der Waals surface area contributed by atoms with E-state index >= 15 is 0 Å². The van der Waals surface area contributed by atoms with Crippen LogP contribution in [0.2, 0.25) is 0 Å². The van der Waals surface area contributed by atoms with Gasteiger partial charge in [0.15, 0.2) is 0 Å². The molecule has 3 nitrogen and oxygen atoms in total. The Bertz CT molecular complexity index is 1310. The second kappa shape index (κ2) is 8.50. The highest BCUT2D eigenvalue weighted by atomic mass is 16.5. The summed E-state index contributed by atoms with van der Waals surface area (Å²) in [6.07, 6.45) is -0.709. The number of ether oxygens (including phenoxy) is 2. The van der Waals surface area contributed by atoms with E-state index in [2.05, 4.69) is 12.1 Å². The first-order valence-corrected chi connectivity index (χ1v) is 10.3. The Morgan fingerprint density at radius 3 is 2.10 bits per heavy atom. The van der Waals surface area contributed by atoms with Crippen molar-refractivity contribution in [1.29, 1.82) is 0 Å². The Morgan fingerprint density at radius 2 is 1.29 bits per heavy atom. The largest absolute Gasteiger partial charge is 0.489 e. The first-order chi connectivity index (χ1) is 15.3. The third kappa shape index (κ3) is 4.09. The minimum Gasteiger partial charge on any atom is -0.489 e. The van der Waals surface area contributed by atoms with Crippen LogP contribution in [0.15, 0.2) is 109 Å². The molecule has 31 heavy (non-hydrogen) atoms. The van der Waals surface area contributed by atoms with Crippen LogP contribution in [0.25, 0.3) is 21.5 Å². The van der Waals surface area contributed by atoms with Crippen molar-refractivity contribution in [3.63, 3.8) is 0 Å². The van der Waals surface area contributed by atoms with Crippen LogP contribution in [-0.2, 0) is 0 Å². The maximum atomic E-state index is 10.6. The quantitative estimate of drug-likeness (QED) is 0.312. The molecule has 0 spiro atoms. The maximum Gasteiger partial charge on any atom is 0.135 e. The van der Waals surface area contributed by atoms with Crippen LogP contribution >= 0.6 is 0 Å². The molecule has 0 heterocycles. The van der Waals surface area contributed by atoms with Crippen LogP contribution in [0.5, 0.6) is 17.2 Å². The molecule has 0 radical (unpaired) electrons. The average Bonchev–Trinajstić information content (AvgIpc) is 2.83. The van der Waals surface area contributed by atoms with Crippen LogP contribution in [-0.4, -0.2) is 11.7 Å². The molecule has 5 rings (SSSR count). The van der Waals surface area contributed by atoms with Gasteiger partial charge in [0.25, 0.3) is 0 Å². The Hall–Kier alpha value is -3.82. The molecular formula is C28H22O3. The molecule has 0 aromatic heterocycles. The monoisotopic (exact) mass is 406 g/mol. The van der Waals surface area contributed by atoms with Gasteiger partial charge in [-0.05, 0) is 46.7 Å². The summed E-state index contributed by atoms with van der Waals surface area (Å²) < 4.78 is 12.3. The molecule has 0 aliphatic rings. The Balaban J connectivity index is 1.54. The highest BCUT2D eigenvalue weighted by molar-refractivity contribution is 6.05. The fraction of sp³-hybridized carbons (Fsp3) is 0.0714. The van der Waals surface area contributed by atoms with Gasteiger partial charge < -0.3 is 14.6 Å². The van der Waals surface area contributed by atoms with Gasteiger partial charge in [-0.2, -0.15) is 0 Å². The highest BCUT2D eigenvalue weighted by Gasteiger charge is 2.14. The van der Waals surface area contributed by atoms with Crippen LogP contribution in [0.4, 0.5) is 0 Å². The van der Waals surface area contributed by atoms with E-state index in [1.165, 1.54) is 0 Å². The van der Waals surface area contributed by atoms with Gasteiger partial charge in [0.2, 0.25) is 0 Å². The normalized spacial score (nSPS) is 12.0. The second-order valence-corrected chi connectivity index (χ2v) is 7.46. The molecule has 0 fully saturated rings. The zero-order valence-corrected chi connectivity index (χ0v) is 16.9. The number of rotatable bonds is 6. The minimum absolute atomic E-state index is 0.164. The van der Waals surface area contributed by atoms with Gasteiger partial charge in [0.1, 0.15) is 30.0 Å². The smallest absolute Gasteiger partial charge is 0.135 e. The molecule has 0 saturated carbocycles. The van der Waals surface area contributed by atoms with Crippen molar-refractivity contribution >= 4 is 21.5 Å². The number of fused-ring (bicyclic) bond motifs is 2. The fourth-order valence-electron chi connectivity index (χ4n) is 3.78. The molecule has 1 atom stereocenters. The number of hydrogen-bond acceptors (Lipinski definition) is 3. The van der Waals surface area contributed by atoms with Crippen molar-refractivity contribution < 1.29 is 14.6 Å². The van der Waals surface area contributed by atoms with E-state index in [-0.39, 0.29) is 6.61 Å². The van der Waals surface area contributed by atoms with Crippen molar-refractivity contribution in [2.45, 2.75) is 6.10 Å². The summed E-state index contributed by atoms with van der Waals surface area (Å²) in [5, 5.41) is 14.7. The molecule has 0 aliphatic heterocycles. The van der Waals surface area contributed by atoms with Gasteiger partial charge in [0, 0.05) is 10.8 Å². The Kier molecular flexibility index (Phi) is 5.26. The van der Waals surface area contributed by atoms with E-state index in [0.717, 1.165) is 44.4 Å². The minimum atomic E-state index is -0.709. The lowest BCUT2D eigenvalue weighted by Gasteiger charge is -2.17. The first-order valence-electron chi connectivity index (χ1n) is 10.3. The van der Waals surface area contributed by atoms with Crippen LogP contribution in [0.1, 0.15) is 11.7 Å².